The smallest absolute Gasteiger partial charge is 0.407 e. The minimum atomic E-state index is -1.18. The Hall–Kier alpha value is -6.03. The molecule has 2 aliphatic heterocycles. The topological polar surface area (TPSA) is 208 Å². The predicted molar refractivity (Wildman–Crippen MR) is 234 cm³/mol. The van der Waals surface area contributed by atoms with E-state index in [0.29, 0.717) is 54.9 Å². The summed E-state index contributed by atoms with van der Waals surface area (Å²) < 4.78 is 11.7. The number of halogens is 1. The summed E-state index contributed by atoms with van der Waals surface area (Å²) in [6.07, 6.45) is 2.45. The van der Waals surface area contributed by atoms with E-state index in [4.69, 9.17) is 32.5 Å². The molecule has 6 atom stereocenters. The second-order valence-corrected chi connectivity index (χ2v) is 16.5. The summed E-state index contributed by atoms with van der Waals surface area (Å²) in [7, 11) is 2.50. The van der Waals surface area contributed by atoms with Crippen LogP contribution in [0.25, 0.3) is 28.2 Å². The van der Waals surface area contributed by atoms with Crippen molar-refractivity contribution in [3.05, 3.63) is 101 Å². The molecule has 62 heavy (non-hydrogen) atoms. The summed E-state index contributed by atoms with van der Waals surface area (Å²) in [5.74, 6) is -2.16. The first kappa shape index (κ1) is 45.5. The predicted octanol–water partition coefficient (Wildman–Crippen LogP) is 5.14. The Labute approximate surface area is 366 Å². The Bertz CT molecular complexity index is 2130. The number of hydrogen-bond donors (Lipinski definition) is 4. The van der Waals surface area contributed by atoms with Crippen molar-refractivity contribution in [1.29, 1.82) is 0 Å². The van der Waals surface area contributed by atoms with Crippen LogP contribution in [0.3, 0.4) is 0 Å². The number of rotatable bonds is 17. The molecule has 0 bridgehead atoms. The number of primary amides is 2. The third-order valence-electron chi connectivity index (χ3n) is 12.6. The van der Waals surface area contributed by atoms with Crippen LogP contribution in [0.2, 0.25) is 5.02 Å². The lowest BCUT2D eigenvalue weighted by Crippen LogP contribution is -2.56. The molecule has 4 amide bonds. The number of alkyl carbamates (subject to hydrolysis) is 2. The minimum absolute atomic E-state index is 0.201. The second kappa shape index (κ2) is 19.3. The lowest BCUT2D eigenvalue weighted by Gasteiger charge is -2.39. The van der Waals surface area contributed by atoms with E-state index in [2.05, 4.69) is 15.2 Å². The number of amides is 4. The van der Waals surface area contributed by atoms with Crippen LogP contribution < -0.4 is 22.1 Å². The maximum atomic E-state index is 13.5. The van der Waals surface area contributed by atoms with Gasteiger partial charge in [-0.25, -0.2) is 9.59 Å². The van der Waals surface area contributed by atoms with Crippen molar-refractivity contribution >= 4 is 48.2 Å². The molecule has 4 aromatic rings. The van der Waals surface area contributed by atoms with Gasteiger partial charge in [-0.05, 0) is 97.4 Å². The van der Waals surface area contributed by atoms with E-state index in [-0.39, 0.29) is 13.1 Å². The molecule has 15 nitrogen and oxygen atoms in total. The molecular weight excluding hydrogens is 814 g/mol. The molecule has 328 valence electrons. The number of aldehydes is 2. The lowest BCUT2D eigenvalue weighted by atomic mass is 9.85. The van der Waals surface area contributed by atoms with Crippen molar-refractivity contribution in [3.8, 4) is 28.2 Å². The number of carbonyl (C=O) groups is 6. The maximum absolute atomic E-state index is 13.5. The molecule has 0 spiro atoms. The Morgan fingerprint density at radius 1 is 0.661 bits per heavy atom. The molecule has 0 radical (unpaired) electrons. The molecule has 1 aromatic heterocycles. The number of methoxy groups -OCH3 is 2. The first-order valence-electron chi connectivity index (χ1n) is 20.6. The number of nitrogens with one attached hydrogen (secondary N) is 2. The fraction of sp³-hybridized carbons (Fsp3) is 0.391. The summed E-state index contributed by atoms with van der Waals surface area (Å²) in [6, 6.07) is 25.6. The molecule has 0 aliphatic carbocycles. The number of likely N-dealkylation sites (tertiary alicyclic amines) is 2. The molecular formula is C46H54ClN7O8. The molecule has 2 fully saturated rings. The Balaban J connectivity index is 1.35. The monoisotopic (exact) mass is 867 g/mol. The van der Waals surface area contributed by atoms with Crippen LogP contribution in [0.15, 0.2) is 84.9 Å². The quantitative estimate of drug-likeness (QED) is 0.103. The van der Waals surface area contributed by atoms with Crippen LogP contribution >= 0.6 is 11.6 Å². The SMILES string of the molecule is COC(=O)N[C@H](CN1CCC[C@@]1(C(N)=O)c1ccc(-c2ccc(-c3ccc([C@]4(C(N)=O)CCCN4C[C@@H](NC(=O)OC)C(C)C=O)cc3)n2-c2ccc(Cl)cc2)cc1)C(C)C=O. The lowest BCUT2D eigenvalue weighted by molar-refractivity contribution is -0.130. The van der Waals surface area contributed by atoms with Gasteiger partial charge in [-0.15, -0.1) is 0 Å². The van der Waals surface area contributed by atoms with Gasteiger partial charge in [0.2, 0.25) is 11.8 Å². The standard InChI is InChI=1S/C46H54ClN7O8/c1-29(27-55)37(50-43(59)61-3)25-52-23-5-21-45(52,41(48)57)33-11-7-31(8-12-33)39-19-20-40(54(39)36-17-15-35(47)16-18-36)32-9-13-34(14-10-32)46(42(49)58)22-6-24-53(46)26-38(30(2)28-56)51-44(60)62-4/h7-20,27-30,37-38H,5-6,21-26H2,1-4H3,(H2,48,57)(H2,49,58)(H,50,59)(H,51,60)/t29?,30?,37-,38-,45+,46+/m1/s1. The molecule has 16 heteroatoms. The number of ether oxygens (including phenoxy) is 2. The van der Waals surface area contributed by atoms with Crippen LogP contribution in [0.5, 0.6) is 0 Å². The Kier molecular flexibility index (Phi) is 14.2. The van der Waals surface area contributed by atoms with E-state index in [1.807, 2.05) is 94.7 Å². The fourth-order valence-corrected chi connectivity index (χ4v) is 9.23. The van der Waals surface area contributed by atoms with Gasteiger partial charge in [0.1, 0.15) is 23.7 Å². The highest BCUT2D eigenvalue weighted by molar-refractivity contribution is 6.30. The van der Waals surface area contributed by atoms with Crippen molar-refractivity contribution in [3.63, 3.8) is 0 Å². The third kappa shape index (κ3) is 8.83. The van der Waals surface area contributed by atoms with Gasteiger partial charge in [0.25, 0.3) is 0 Å². The van der Waals surface area contributed by atoms with Gasteiger partial charge in [-0.1, -0.05) is 74.0 Å². The molecule has 6 rings (SSSR count). The van der Waals surface area contributed by atoms with Gasteiger partial charge in [0.05, 0.1) is 37.7 Å². The van der Waals surface area contributed by atoms with E-state index in [9.17, 15) is 28.8 Å². The summed E-state index contributed by atoms with van der Waals surface area (Å²) >= 11 is 6.34. The van der Waals surface area contributed by atoms with Crippen molar-refractivity contribution < 1.29 is 38.2 Å². The summed E-state index contributed by atoms with van der Waals surface area (Å²) in [4.78, 5) is 78.9. The van der Waals surface area contributed by atoms with Gasteiger partial charge in [0, 0.05) is 35.6 Å². The highest BCUT2D eigenvalue weighted by Gasteiger charge is 2.50. The third-order valence-corrected chi connectivity index (χ3v) is 12.9. The van der Waals surface area contributed by atoms with Crippen LogP contribution in [0, 0.1) is 11.8 Å². The zero-order valence-electron chi connectivity index (χ0n) is 35.3. The Morgan fingerprint density at radius 3 is 1.39 bits per heavy atom. The van der Waals surface area contributed by atoms with E-state index in [1.54, 1.807) is 13.8 Å². The highest BCUT2D eigenvalue weighted by atomic mass is 35.5. The number of hydrogen-bond acceptors (Lipinski definition) is 10. The van der Waals surface area contributed by atoms with Crippen LogP contribution in [0.4, 0.5) is 9.59 Å². The van der Waals surface area contributed by atoms with Gasteiger partial charge in [0.15, 0.2) is 0 Å². The summed E-state index contributed by atoms with van der Waals surface area (Å²) in [6.45, 7) is 4.86. The van der Waals surface area contributed by atoms with E-state index in [0.717, 1.165) is 40.8 Å². The van der Waals surface area contributed by atoms with Crippen molar-refractivity contribution in [2.75, 3.05) is 40.4 Å². The normalized spacial score (nSPS) is 21.0. The summed E-state index contributed by atoms with van der Waals surface area (Å²) in [5, 5.41) is 6.06. The fourth-order valence-electron chi connectivity index (χ4n) is 9.10. The van der Waals surface area contributed by atoms with Gasteiger partial charge in [-0.3, -0.25) is 19.4 Å². The average Bonchev–Trinajstić information content (AvgIpc) is 4.04. The average molecular weight is 868 g/mol. The van der Waals surface area contributed by atoms with Crippen LogP contribution in [-0.4, -0.2) is 103 Å². The van der Waals surface area contributed by atoms with Gasteiger partial charge in [-0.2, -0.15) is 0 Å². The number of benzene rings is 3. The van der Waals surface area contributed by atoms with Crippen LogP contribution in [-0.2, 0) is 39.7 Å². The molecule has 2 aliphatic rings. The highest BCUT2D eigenvalue weighted by Crippen LogP contribution is 2.43. The second-order valence-electron chi connectivity index (χ2n) is 16.1. The van der Waals surface area contributed by atoms with Crippen LogP contribution in [0.1, 0.15) is 50.7 Å². The summed E-state index contributed by atoms with van der Waals surface area (Å²) in [5.41, 5.74) is 15.7. The van der Waals surface area contributed by atoms with Gasteiger partial charge < -0.3 is 45.7 Å². The molecule has 3 aromatic carbocycles. The van der Waals surface area contributed by atoms with Crippen molar-refractivity contribution in [2.24, 2.45) is 23.3 Å². The first-order valence-corrected chi connectivity index (χ1v) is 21.0. The number of aromatic nitrogens is 1. The van der Waals surface area contributed by atoms with E-state index >= 15 is 0 Å². The van der Waals surface area contributed by atoms with Crippen molar-refractivity contribution in [1.82, 2.24) is 25.0 Å². The molecule has 6 N–H and O–H groups in total. The molecule has 2 saturated heterocycles. The number of carbonyl (C=O) groups excluding carboxylic acids is 6. The van der Waals surface area contributed by atoms with E-state index < -0.39 is 59.0 Å². The minimum Gasteiger partial charge on any atom is -0.453 e. The first-order chi connectivity index (χ1) is 29.7. The van der Waals surface area contributed by atoms with E-state index in [1.165, 1.54) is 14.2 Å². The van der Waals surface area contributed by atoms with Gasteiger partial charge >= 0.3 is 12.2 Å². The zero-order valence-corrected chi connectivity index (χ0v) is 36.1. The molecule has 2 unspecified atom stereocenters. The zero-order chi connectivity index (χ0) is 44.8. The number of nitrogens with two attached hydrogens (primary N) is 2. The van der Waals surface area contributed by atoms with Crippen molar-refractivity contribution in [2.45, 2.75) is 62.7 Å². The largest absolute Gasteiger partial charge is 0.453 e. The molecule has 3 heterocycles. The number of nitrogens with zero attached hydrogens (tertiary/aromatic N) is 3. The maximum Gasteiger partial charge on any atom is 0.407 e. The Morgan fingerprint density at radius 2 is 1.05 bits per heavy atom. The molecule has 0 saturated carbocycles.